The minimum absolute atomic E-state index is 0.456. The number of hydrogen-bond acceptors (Lipinski definition) is 3. The molecule has 1 N–H and O–H groups in total. The first-order valence-electron chi connectivity index (χ1n) is 5.82. The second-order valence-electron chi connectivity index (χ2n) is 5.31. The quantitative estimate of drug-likeness (QED) is 0.657. The van der Waals surface area contributed by atoms with E-state index in [1.54, 1.807) is 0 Å². The number of nitrogens with one attached hydrogen (secondary N) is 1. The van der Waals surface area contributed by atoms with Crippen LogP contribution in [0.15, 0.2) is 0 Å². The summed E-state index contributed by atoms with van der Waals surface area (Å²) < 4.78 is 0. The number of rotatable bonds is 0. The summed E-state index contributed by atoms with van der Waals surface area (Å²) in [6, 6.07) is 2.45. The molecule has 0 aromatic rings. The second kappa shape index (κ2) is 3.13. The molecule has 14 heavy (non-hydrogen) atoms. The standard InChI is InChI=1S/C11H20N2S/c1-8-7-14-11(12-8)5-9-3-4-10(6-11)13(9)2/h8-10,12H,3-7H2,1-2H3. The zero-order valence-corrected chi connectivity index (χ0v) is 9.94. The van der Waals surface area contributed by atoms with E-state index in [0.29, 0.717) is 4.87 Å². The molecule has 0 amide bonds. The molecule has 3 saturated heterocycles. The van der Waals surface area contributed by atoms with Crippen molar-refractivity contribution in [3.8, 4) is 0 Å². The van der Waals surface area contributed by atoms with Crippen molar-refractivity contribution in [1.29, 1.82) is 0 Å². The van der Waals surface area contributed by atoms with Gasteiger partial charge in [0.25, 0.3) is 0 Å². The zero-order chi connectivity index (χ0) is 9.76. The number of fused-ring (bicyclic) bond motifs is 2. The Labute approximate surface area is 90.8 Å². The van der Waals surface area contributed by atoms with Gasteiger partial charge in [0.15, 0.2) is 0 Å². The van der Waals surface area contributed by atoms with Crippen molar-refractivity contribution >= 4 is 11.8 Å². The van der Waals surface area contributed by atoms with Crippen LogP contribution >= 0.6 is 11.8 Å². The molecular weight excluding hydrogens is 192 g/mol. The molecule has 0 radical (unpaired) electrons. The van der Waals surface area contributed by atoms with E-state index < -0.39 is 0 Å². The highest BCUT2D eigenvalue weighted by Gasteiger charge is 2.49. The third kappa shape index (κ3) is 1.33. The highest BCUT2D eigenvalue weighted by Crippen LogP contribution is 2.47. The van der Waals surface area contributed by atoms with E-state index in [-0.39, 0.29) is 0 Å². The fourth-order valence-electron chi connectivity index (χ4n) is 3.48. The first kappa shape index (κ1) is 9.49. The van der Waals surface area contributed by atoms with Crippen LogP contribution in [0.25, 0.3) is 0 Å². The average Bonchev–Trinajstić information content (AvgIpc) is 2.58. The fraction of sp³-hybridized carbons (Fsp3) is 1.00. The normalized spacial score (nSPS) is 53.1. The van der Waals surface area contributed by atoms with Gasteiger partial charge >= 0.3 is 0 Å². The minimum Gasteiger partial charge on any atom is -0.300 e. The molecule has 3 heterocycles. The molecule has 2 nitrogen and oxygen atoms in total. The Morgan fingerprint density at radius 2 is 1.93 bits per heavy atom. The van der Waals surface area contributed by atoms with Crippen LogP contribution in [0.5, 0.6) is 0 Å². The Kier molecular flexibility index (Phi) is 2.12. The number of nitrogens with zero attached hydrogens (tertiary/aromatic N) is 1. The average molecular weight is 212 g/mol. The summed E-state index contributed by atoms with van der Waals surface area (Å²) in [5.41, 5.74) is 0. The van der Waals surface area contributed by atoms with E-state index in [0.717, 1.165) is 18.1 Å². The maximum atomic E-state index is 3.83. The van der Waals surface area contributed by atoms with Crippen LogP contribution < -0.4 is 5.32 Å². The molecule has 3 heteroatoms. The van der Waals surface area contributed by atoms with E-state index in [4.69, 9.17) is 0 Å². The van der Waals surface area contributed by atoms with Crippen molar-refractivity contribution in [3.63, 3.8) is 0 Å². The molecule has 0 aromatic heterocycles. The summed E-state index contributed by atoms with van der Waals surface area (Å²) >= 11 is 2.19. The van der Waals surface area contributed by atoms with Gasteiger partial charge in [-0.1, -0.05) is 0 Å². The van der Waals surface area contributed by atoms with E-state index in [2.05, 4.69) is 35.9 Å². The van der Waals surface area contributed by atoms with E-state index in [9.17, 15) is 0 Å². The molecule has 0 saturated carbocycles. The number of piperidine rings is 1. The van der Waals surface area contributed by atoms with Crippen molar-refractivity contribution in [3.05, 3.63) is 0 Å². The Morgan fingerprint density at radius 3 is 2.43 bits per heavy atom. The molecular formula is C11H20N2S. The molecule has 1 spiro atoms. The van der Waals surface area contributed by atoms with Crippen molar-refractivity contribution < 1.29 is 0 Å². The van der Waals surface area contributed by atoms with Gasteiger partial charge in [-0.2, -0.15) is 0 Å². The maximum Gasteiger partial charge on any atom is 0.0678 e. The van der Waals surface area contributed by atoms with Crippen LogP contribution in [-0.4, -0.2) is 40.7 Å². The predicted octanol–water partition coefficient (Wildman–Crippen LogP) is 1.66. The first-order chi connectivity index (χ1) is 6.69. The Bertz CT molecular complexity index is 229. The molecule has 3 aliphatic heterocycles. The lowest BCUT2D eigenvalue weighted by Crippen LogP contribution is -2.53. The number of thioether (sulfide) groups is 1. The van der Waals surface area contributed by atoms with Gasteiger partial charge in [-0.3, -0.25) is 5.32 Å². The summed E-state index contributed by atoms with van der Waals surface area (Å²) in [5, 5.41) is 3.83. The van der Waals surface area contributed by atoms with Crippen LogP contribution in [0.4, 0.5) is 0 Å². The van der Waals surface area contributed by atoms with Gasteiger partial charge in [-0.25, -0.2) is 0 Å². The van der Waals surface area contributed by atoms with Crippen LogP contribution in [-0.2, 0) is 0 Å². The summed E-state index contributed by atoms with van der Waals surface area (Å²) in [4.78, 5) is 3.08. The van der Waals surface area contributed by atoms with Gasteiger partial charge in [0.05, 0.1) is 4.87 Å². The fourth-order valence-corrected chi connectivity index (χ4v) is 5.04. The summed E-state index contributed by atoms with van der Waals surface area (Å²) in [7, 11) is 2.32. The predicted molar refractivity (Wildman–Crippen MR) is 61.6 cm³/mol. The summed E-state index contributed by atoms with van der Waals surface area (Å²) in [6.07, 6.45) is 5.60. The molecule has 3 aliphatic rings. The lowest BCUT2D eigenvalue weighted by molar-refractivity contribution is 0.135. The second-order valence-corrected chi connectivity index (χ2v) is 6.71. The van der Waals surface area contributed by atoms with E-state index in [1.807, 2.05) is 0 Å². The largest absolute Gasteiger partial charge is 0.300 e. The molecule has 3 atom stereocenters. The third-order valence-electron chi connectivity index (χ3n) is 4.23. The monoisotopic (exact) mass is 212 g/mol. The maximum absolute atomic E-state index is 3.83. The molecule has 2 bridgehead atoms. The van der Waals surface area contributed by atoms with Gasteiger partial charge < -0.3 is 4.90 Å². The lowest BCUT2D eigenvalue weighted by atomic mass is 9.97. The highest BCUT2D eigenvalue weighted by molar-refractivity contribution is 8.00. The number of hydrogen-bond donors (Lipinski definition) is 1. The van der Waals surface area contributed by atoms with Gasteiger partial charge in [-0.05, 0) is 39.7 Å². The molecule has 0 aliphatic carbocycles. The first-order valence-corrected chi connectivity index (χ1v) is 6.81. The molecule has 3 fully saturated rings. The van der Waals surface area contributed by atoms with Crippen LogP contribution in [0.2, 0.25) is 0 Å². The highest BCUT2D eigenvalue weighted by atomic mass is 32.2. The SMILES string of the molecule is CC1CSC2(CC3CCC(C2)N3C)N1. The van der Waals surface area contributed by atoms with Gasteiger partial charge in [0.2, 0.25) is 0 Å². The van der Waals surface area contributed by atoms with Gasteiger partial charge in [0.1, 0.15) is 0 Å². The van der Waals surface area contributed by atoms with Crippen LogP contribution in [0, 0.1) is 0 Å². The Hall–Kier alpha value is 0.270. The van der Waals surface area contributed by atoms with Crippen molar-refractivity contribution in [1.82, 2.24) is 10.2 Å². The third-order valence-corrected chi connectivity index (χ3v) is 5.91. The molecule has 0 aromatic carbocycles. The van der Waals surface area contributed by atoms with Gasteiger partial charge in [0, 0.05) is 23.9 Å². The molecule has 80 valence electrons. The van der Waals surface area contributed by atoms with Crippen molar-refractivity contribution in [2.75, 3.05) is 12.8 Å². The topological polar surface area (TPSA) is 15.3 Å². The van der Waals surface area contributed by atoms with Gasteiger partial charge in [-0.15, -0.1) is 11.8 Å². The van der Waals surface area contributed by atoms with Crippen molar-refractivity contribution in [2.24, 2.45) is 0 Å². The minimum atomic E-state index is 0.456. The summed E-state index contributed by atoms with van der Waals surface area (Å²) in [6.45, 7) is 2.32. The van der Waals surface area contributed by atoms with Crippen LogP contribution in [0.3, 0.4) is 0 Å². The smallest absolute Gasteiger partial charge is 0.0678 e. The van der Waals surface area contributed by atoms with E-state index >= 15 is 0 Å². The summed E-state index contributed by atoms with van der Waals surface area (Å²) in [5.74, 6) is 1.31. The van der Waals surface area contributed by atoms with Crippen LogP contribution in [0.1, 0.15) is 32.6 Å². The van der Waals surface area contributed by atoms with Crippen molar-refractivity contribution in [2.45, 2.75) is 55.6 Å². The lowest BCUT2D eigenvalue weighted by Gasteiger charge is -2.43. The molecule has 3 unspecified atom stereocenters. The molecule has 3 rings (SSSR count). The Balaban J connectivity index is 1.79. The zero-order valence-electron chi connectivity index (χ0n) is 9.12. The Morgan fingerprint density at radius 1 is 1.29 bits per heavy atom. The van der Waals surface area contributed by atoms with E-state index in [1.165, 1.54) is 31.4 Å².